The highest BCUT2D eigenvalue weighted by Gasteiger charge is 2.30. The van der Waals surface area contributed by atoms with Gasteiger partial charge in [-0.3, -0.25) is 14.3 Å². The highest BCUT2D eigenvalue weighted by molar-refractivity contribution is 6.02. The summed E-state index contributed by atoms with van der Waals surface area (Å²) in [6.45, 7) is -1.37. The smallest absolute Gasteiger partial charge is 0.254 e. The number of amides is 2. The van der Waals surface area contributed by atoms with Crippen LogP contribution in [-0.2, 0) is 9.53 Å². The Morgan fingerprint density at radius 1 is 1.18 bits per heavy atom. The molecule has 10 nitrogen and oxygen atoms in total. The van der Waals surface area contributed by atoms with Crippen molar-refractivity contribution in [2.24, 2.45) is 5.92 Å². The number of aromatic nitrogens is 3. The highest BCUT2D eigenvalue weighted by atomic mass is 16.5. The molecule has 1 aliphatic carbocycles. The molecule has 1 aromatic carbocycles. The van der Waals surface area contributed by atoms with Gasteiger partial charge in [-0.25, -0.2) is 4.98 Å². The Morgan fingerprint density at radius 3 is 2.74 bits per heavy atom. The molecule has 2 fully saturated rings. The number of methoxy groups -OCH3 is 1. The number of carbonyl (C=O) groups excluding carboxylic acids is 2. The average molecular weight is 468 g/mol. The third-order valence-corrected chi connectivity index (χ3v) is 6.18. The van der Waals surface area contributed by atoms with Crippen molar-refractivity contribution in [3.8, 4) is 5.75 Å². The molecule has 1 aliphatic heterocycles. The number of hydrogen-bond donors (Lipinski definition) is 3. The Bertz CT molecular complexity index is 1330. The fraction of sp³-hybridized carbons (Fsp3) is 0.417. The maximum Gasteiger partial charge on any atom is 0.254 e. The highest BCUT2D eigenvalue weighted by Crippen LogP contribution is 2.39. The largest absolute Gasteiger partial charge is 0.492 e. The lowest BCUT2D eigenvalue weighted by atomic mass is 10.1. The summed E-state index contributed by atoms with van der Waals surface area (Å²) in [6, 6.07) is 5.35. The second kappa shape index (κ2) is 9.30. The molecule has 1 saturated carbocycles. The minimum atomic E-state index is -2.68. The molecule has 34 heavy (non-hydrogen) atoms. The van der Waals surface area contributed by atoms with Crippen LogP contribution in [0.4, 0.5) is 17.2 Å². The summed E-state index contributed by atoms with van der Waals surface area (Å²) in [5.41, 5.74) is 1.60. The quantitative estimate of drug-likeness (QED) is 0.488. The molecule has 0 bridgehead atoms. The third-order valence-electron chi connectivity index (χ3n) is 6.18. The molecule has 3 heterocycles. The van der Waals surface area contributed by atoms with Crippen LogP contribution in [0, 0.1) is 5.92 Å². The van der Waals surface area contributed by atoms with E-state index in [4.69, 9.17) is 13.6 Å². The Balaban J connectivity index is 1.53. The summed E-state index contributed by atoms with van der Waals surface area (Å²) >= 11 is 0. The van der Waals surface area contributed by atoms with E-state index in [1.807, 2.05) is 16.1 Å². The average Bonchev–Trinajstić information content (AvgIpc) is 3.63. The van der Waals surface area contributed by atoms with Crippen LogP contribution in [-0.4, -0.2) is 53.9 Å². The van der Waals surface area contributed by atoms with Crippen LogP contribution in [0.25, 0.3) is 10.9 Å². The number of benzene rings is 1. The van der Waals surface area contributed by atoms with Gasteiger partial charge in [0.2, 0.25) is 5.91 Å². The minimum absolute atomic E-state index is 0.000586. The van der Waals surface area contributed by atoms with Crippen molar-refractivity contribution in [2.75, 3.05) is 37.9 Å². The summed E-state index contributed by atoms with van der Waals surface area (Å²) < 4.78 is 35.5. The monoisotopic (exact) mass is 467 g/mol. The molecule has 2 aromatic heterocycles. The molecule has 0 radical (unpaired) electrons. The first-order valence-electron chi connectivity index (χ1n) is 12.8. The summed E-state index contributed by atoms with van der Waals surface area (Å²) in [4.78, 5) is 29.3. The van der Waals surface area contributed by atoms with Crippen LogP contribution < -0.4 is 20.7 Å². The molecular formula is C24H28N6O4. The van der Waals surface area contributed by atoms with Crippen molar-refractivity contribution >= 4 is 39.9 Å². The van der Waals surface area contributed by atoms with E-state index in [1.54, 1.807) is 19.4 Å². The molecule has 178 valence electrons. The molecular weight excluding hydrogens is 436 g/mol. The summed E-state index contributed by atoms with van der Waals surface area (Å²) in [5, 5.41) is 13.4. The first kappa shape index (κ1) is 18.7. The first-order valence-corrected chi connectivity index (χ1v) is 11.3. The topological polar surface area (TPSA) is 119 Å². The SMILES string of the molecule is [2H]C([2H])([2H])NC(=O)c1cnc(NC(=O)C2CC2)cc1Nc1ccc2cnn(C3CCOCC3)c2c1OC. The second-order valence-electron chi connectivity index (χ2n) is 8.47. The number of carbonyl (C=O) groups is 2. The molecule has 0 unspecified atom stereocenters. The summed E-state index contributed by atoms with van der Waals surface area (Å²) in [5.74, 6) is -0.245. The second-order valence-corrected chi connectivity index (χ2v) is 8.47. The fourth-order valence-corrected chi connectivity index (χ4v) is 4.21. The number of fused-ring (bicyclic) bond motifs is 1. The van der Waals surface area contributed by atoms with Crippen LogP contribution in [0.3, 0.4) is 0 Å². The number of nitrogens with one attached hydrogen (secondary N) is 3. The third kappa shape index (κ3) is 4.28. The van der Waals surface area contributed by atoms with Gasteiger partial charge in [-0.2, -0.15) is 5.10 Å². The zero-order valence-corrected chi connectivity index (χ0v) is 18.8. The number of pyridine rings is 1. The van der Waals surface area contributed by atoms with E-state index < -0.39 is 12.9 Å². The number of rotatable bonds is 7. The van der Waals surface area contributed by atoms with Gasteiger partial charge in [0.15, 0.2) is 5.75 Å². The Hall–Kier alpha value is -3.66. The van der Waals surface area contributed by atoms with E-state index in [-0.39, 0.29) is 34.9 Å². The standard InChI is InChI=1S/C24H28N6O4/c1-25-24(32)17-13-26-20(29-23(31)14-3-4-14)11-19(17)28-18-6-5-15-12-27-30(21(15)22(18)33-2)16-7-9-34-10-8-16/h5-6,11-14,16H,3-4,7-10H2,1-2H3,(H,25,32)(H2,26,28,29,31)/i1D3. The van der Waals surface area contributed by atoms with Gasteiger partial charge in [-0.15, -0.1) is 0 Å². The number of ether oxygens (including phenoxy) is 2. The Morgan fingerprint density at radius 2 is 2.00 bits per heavy atom. The van der Waals surface area contributed by atoms with Gasteiger partial charge in [0, 0.05) is 47.9 Å². The normalized spacial score (nSPS) is 18.0. The van der Waals surface area contributed by atoms with Crippen LogP contribution in [0.5, 0.6) is 5.75 Å². The maximum atomic E-state index is 12.8. The van der Waals surface area contributed by atoms with Crippen molar-refractivity contribution < 1.29 is 23.2 Å². The van der Waals surface area contributed by atoms with Gasteiger partial charge in [0.25, 0.3) is 5.91 Å². The zero-order chi connectivity index (χ0) is 26.2. The van der Waals surface area contributed by atoms with Gasteiger partial charge in [0.05, 0.1) is 36.3 Å². The van der Waals surface area contributed by atoms with Crippen LogP contribution in [0.2, 0.25) is 0 Å². The lowest BCUT2D eigenvalue weighted by Crippen LogP contribution is -2.21. The maximum absolute atomic E-state index is 12.8. The molecule has 3 N–H and O–H groups in total. The van der Waals surface area contributed by atoms with Crippen molar-refractivity contribution in [2.45, 2.75) is 31.7 Å². The van der Waals surface area contributed by atoms with E-state index in [0.717, 1.165) is 36.6 Å². The van der Waals surface area contributed by atoms with Crippen molar-refractivity contribution in [3.05, 3.63) is 36.2 Å². The molecule has 1 saturated heterocycles. The molecule has 0 atom stereocenters. The van der Waals surface area contributed by atoms with E-state index in [1.165, 1.54) is 12.3 Å². The van der Waals surface area contributed by atoms with Crippen LogP contribution >= 0.6 is 0 Å². The van der Waals surface area contributed by atoms with Crippen molar-refractivity contribution in [3.63, 3.8) is 0 Å². The lowest BCUT2D eigenvalue weighted by Gasteiger charge is -2.24. The predicted octanol–water partition coefficient (Wildman–Crippen LogP) is 3.24. The van der Waals surface area contributed by atoms with Gasteiger partial charge in [-0.05, 0) is 37.8 Å². The van der Waals surface area contributed by atoms with Gasteiger partial charge in [0.1, 0.15) is 11.3 Å². The van der Waals surface area contributed by atoms with Gasteiger partial charge in [-0.1, -0.05) is 0 Å². The molecule has 3 aromatic rings. The van der Waals surface area contributed by atoms with E-state index in [9.17, 15) is 9.59 Å². The molecule has 2 aliphatic rings. The van der Waals surface area contributed by atoms with E-state index >= 15 is 0 Å². The van der Waals surface area contributed by atoms with Crippen molar-refractivity contribution in [1.29, 1.82) is 0 Å². The lowest BCUT2D eigenvalue weighted by molar-refractivity contribution is -0.117. The number of nitrogens with zero attached hydrogens (tertiary/aromatic N) is 3. The molecule has 0 spiro atoms. The predicted molar refractivity (Wildman–Crippen MR) is 128 cm³/mol. The van der Waals surface area contributed by atoms with Crippen LogP contribution in [0.1, 0.15) is 46.2 Å². The summed E-state index contributed by atoms with van der Waals surface area (Å²) in [6.07, 6.45) is 6.33. The van der Waals surface area contributed by atoms with Gasteiger partial charge < -0.3 is 25.4 Å². The minimum Gasteiger partial charge on any atom is -0.492 e. The van der Waals surface area contributed by atoms with E-state index in [2.05, 4.69) is 20.7 Å². The van der Waals surface area contributed by atoms with Gasteiger partial charge >= 0.3 is 0 Å². The number of anilines is 3. The molecule has 10 heteroatoms. The fourth-order valence-electron chi connectivity index (χ4n) is 4.21. The van der Waals surface area contributed by atoms with Crippen LogP contribution in [0.15, 0.2) is 30.6 Å². The van der Waals surface area contributed by atoms with Crippen molar-refractivity contribution in [1.82, 2.24) is 20.1 Å². The first-order chi connectivity index (χ1) is 17.7. The zero-order valence-electron chi connectivity index (χ0n) is 21.8. The summed E-state index contributed by atoms with van der Waals surface area (Å²) in [7, 11) is 1.55. The Kier molecular flexibility index (Phi) is 5.12. The number of hydrogen-bond acceptors (Lipinski definition) is 7. The molecule has 2 amide bonds. The van der Waals surface area contributed by atoms with E-state index in [0.29, 0.717) is 24.7 Å². The molecule has 5 rings (SSSR count). The Labute approximate surface area is 201 Å².